The Morgan fingerprint density at radius 3 is 2.31 bits per heavy atom. The van der Waals surface area contributed by atoms with Crippen LogP contribution in [0.2, 0.25) is 0 Å². The SMILES string of the molecule is CCCC(CCC)S(=O)(=O)C[C@H](NC(=O)OC[C@@H]1CCC(=O)N1)C(=O)O[C@H](CNCc1cccc(CC)c1)[C@@H](N)Cc1cc(F)cc(F)c1. The Balaban J connectivity index is 1.83. The number of ether oxygens (including phenoxy) is 2. The number of aryl methyl sites for hydroxylation is 1. The van der Waals surface area contributed by atoms with Crippen LogP contribution in [0.1, 0.15) is 76.0 Å². The van der Waals surface area contributed by atoms with Crippen LogP contribution in [-0.4, -0.2) is 74.8 Å². The van der Waals surface area contributed by atoms with Crippen LogP contribution in [0.15, 0.2) is 42.5 Å². The average molecular weight is 709 g/mol. The van der Waals surface area contributed by atoms with Gasteiger partial charge in [-0.1, -0.05) is 57.9 Å². The highest BCUT2D eigenvalue weighted by atomic mass is 32.2. The highest BCUT2D eigenvalue weighted by Gasteiger charge is 2.36. The van der Waals surface area contributed by atoms with Gasteiger partial charge >= 0.3 is 12.1 Å². The van der Waals surface area contributed by atoms with Gasteiger partial charge in [-0.15, -0.1) is 0 Å². The number of benzene rings is 2. The van der Waals surface area contributed by atoms with Crippen molar-refractivity contribution in [2.24, 2.45) is 5.73 Å². The van der Waals surface area contributed by atoms with E-state index in [0.29, 0.717) is 45.1 Å². The fraction of sp³-hybridized carbons (Fsp3) is 0.571. The van der Waals surface area contributed by atoms with Crippen LogP contribution in [0.25, 0.3) is 0 Å². The molecule has 14 heteroatoms. The number of carbonyl (C=O) groups excluding carboxylic acids is 3. The fourth-order valence-electron chi connectivity index (χ4n) is 5.81. The molecule has 1 heterocycles. The zero-order valence-corrected chi connectivity index (χ0v) is 29.3. The Morgan fingerprint density at radius 1 is 1.02 bits per heavy atom. The van der Waals surface area contributed by atoms with E-state index >= 15 is 0 Å². The molecule has 3 rings (SSSR count). The van der Waals surface area contributed by atoms with Crippen molar-refractivity contribution in [2.75, 3.05) is 18.9 Å². The van der Waals surface area contributed by atoms with Crippen molar-refractivity contribution in [3.8, 4) is 0 Å². The average Bonchev–Trinajstić information content (AvgIpc) is 3.47. The maximum atomic E-state index is 14.0. The Kier molecular flexibility index (Phi) is 15.9. The number of alkyl carbamates (subject to hydrolysis) is 1. The molecule has 2 aromatic rings. The zero-order chi connectivity index (χ0) is 36.0. The third kappa shape index (κ3) is 13.3. The van der Waals surface area contributed by atoms with Crippen molar-refractivity contribution in [2.45, 2.75) is 108 Å². The van der Waals surface area contributed by atoms with Crippen molar-refractivity contribution in [3.05, 3.63) is 70.8 Å². The quantitative estimate of drug-likeness (QED) is 0.150. The minimum atomic E-state index is -3.91. The molecule has 0 spiro atoms. The van der Waals surface area contributed by atoms with E-state index in [1.807, 2.05) is 45.0 Å². The predicted molar refractivity (Wildman–Crippen MR) is 182 cm³/mol. The number of esters is 1. The lowest BCUT2D eigenvalue weighted by molar-refractivity contribution is -0.151. The molecule has 272 valence electrons. The second-order valence-corrected chi connectivity index (χ2v) is 14.9. The van der Waals surface area contributed by atoms with Crippen LogP contribution in [0.3, 0.4) is 0 Å². The van der Waals surface area contributed by atoms with E-state index in [1.165, 1.54) is 0 Å². The molecule has 1 aliphatic heterocycles. The van der Waals surface area contributed by atoms with E-state index in [4.69, 9.17) is 15.2 Å². The molecule has 0 aromatic heterocycles. The molecule has 0 bridgehead atoms. The first-order chi connectivity index (χ1) is 23.3. The second kappa shape index (κ2) is 19.5. The third-order valence-electron chi connectivity index (χ3n) is 8.42. The van der Waals surface area contributed by atoms with Gasteiger partial charge in [-0.2, -0.15) is 0 Å². The van der Waals surface area contributed by atoms with Gasteiger partial charge in [-0.05, 0) is 60.9 Å². The summed E-state index contributed by atoms with van der Waals surface area (Å²) in [7, 11) is -3.91. The smallest absolute Gasteiger partial charge is 0.407 e. The van der Waals surface area contributed by atoms with E-state index in [2.05, 4.69) is 16.0 Å². The van der Waals surface area contributed by atoms with E-state index < -0.39 is 68.8 Å². The van der Waals surface area contributed by atoms with Gasteiger partial charge < -0.3 is 31.2 Å². The molecule has 0 unspecified atom stereocenters. The van der Waals surface area contributed by atoms with Gasteiger partial charge in [0.1, 0.15) is 30.4 Å². The maximum absolute atomic E-state index is 14.0. The largest absolute Gasteiger partial charge is 0.458 e. The Bertz CT molecular complexity index is 1480. The summed E-state index contributed by atoms with van der Waals surface area (Å²) in [5.41, 5.74) is 8.82. The molecular formula is C35H50F2N4O7S. The van der Waals surface area contributed by atoms with Gasteiger partial charge in [0.05, 0.1) is 17.0 Å². The van der Waals surface area contributed by atoms with Crippen LogP contribution >= 0.6 is 0 Å². The molecule has 0 radical (unpaired) electrons. The van der Waals surface area contributed by atoms with Crippen LogP contribution in [0.5, 0.6) is 0 Å². The number of carbonyl (C=O) groups is 3. The molecule has 0 saturated carbocycles. The molecule has 2 amide bonds. The Morgan fingerprint density at radius 2 is 1.69 bits per heavy atom. The third-order valence-corrected chi connectivity index (χ3v) is 10.7. The Labute approximate surface area is 288 Å². The lowest BCUT2D eigenvalue weighted by Crippen LogP contribution is -2.52. The highest BCUT2D eigenvalue weighted by molar-refractivity contribution is 7.92. The van der Waals surface area contributed by atoms with Crippen molar-refractivity contribution in [3.63, 3.8) is 0 Å². The van der Waals surface area contributed by atoms with Gasteiger partial charge in [0.2, 0.25) is 5.91 Å². The summed E-state index contributed by atoms with van der Waals surface area (Å²) >= 11 is 0. The molecule has 49 heavy (non-hydrogen) atoms. The predicted octanol–water partition coefficient (Wildman–Crippen LogP) is 3.86. The number of hydrogen-bond donors (Lipinski definition) is 4. The zero-order valence-electron chi connectivity index (χ0n) is 28.5. The van der Waals surface area contributed by atoms with Gasteiger partial charge in [-0.25, -0.2) is 26.8 Å². The van der Waals surface area contributed by atoms with E-state index in [1.54, 1.807) is 0 Å². The number of hydrogen-bond acceptors (Lipinski definition) is 9. The number of nitrogens with two attached hydrogens (primary N) is 1. The number of rotatable bonds is 20. The first-order valence-corrected chi connectivity index (χ1v) is 18.7. The van der Waals surface area contributed by atoms with Crippen LogP contribution in [-0.2, 0) is 48.3 Å². The van der Waals surface area contributed by atoms with Crippen molar-refractivity contribution >= 4 is 27.8 Å². The van der Waals surface area contributed by atoms with Crippen LogP contribution in [0, 0.1) is 11.6 Å². The van der Waals surface area contributed by atoms with Crippen LogP contribution < -0.4 is 21.7 Å². The second-order valence-electron chi connectivity index (χ2n) is 12.6. The van der Waals surface area contributed by atoms with Crippen molar-refractivity contribution in [1.82, 2.24) is 16.0 Å². The standard InChI is InChI=1S/C35H50F2N4O7S/c1-4-8-29(9-5-2)49(45,46)22-31(41-35(44)47-21-28-12-13-33(42)40-28)34(43)48-32(20-39-19-24-11-7-10-23(6-3)14-24)30(38)17-25-15-26(36)18-27(37)16-25/h7,10-11,14-16,18,28-32,39H,4-6,8-9,12-13,17,19-22,38H2,1-3H3,(H,40,42)(H,41,44)/t28-,30-,31-,32+/m0/s1. The van der Waals surface area contributed by atoms with Crippen LogP contribution in [0.4, 0.5) is 13.6 Å². The normalized spacial score (nSPS) is 16.6. The summed E-state index contributed by atoms with van der Waals surface area (Å²) < 4.78 is 66.1. The lowest BCUT2D eigenvalue weighted by atomic mass is 10.0. The monoisotopic (exact) mass is 708 g/mol. The summed E-state index contributed by atoms with van der Waals surface area (Å²) in [6.07, 6.45) is 1.36. The van der Waals surface area contributed by atoms with Crippen molar-refractivity contribution < 1.29 is 41.1 Å². The minimum Gasteiger partial charge on any atom is -0.458 e. The van der Waals surface area contributed by atoms with E-state index in [9.17, 15) is 31.6 Å². The number of sulfone groups is 1. The number of halogens is 2. The summed E-state index contributed by atoms with van der Waals surface area (Å²) in [6, 6.07) is 7.88. The fourth-order valence-corrected chi connectivity index (χ4v) is 7.96. The van der Waals surface area contributed by atoms with E-state index in [-0.39, 0.29) is 31.0 Å². The van der Waals surface area contributed by atoms with Gasteiger partial charge in [0, 0.05) is 31.6 Å². The number of amides is 2. The molecular weight excluding hydrogens is 658 g/mol. The van der Waals surface area contributed by atoms with Crippen molar-refractivity contribution in [1.29, 1.82) is 0 Å². The topological polar surface area (TPSA) is 166 Å². The number of nitrogens with one attached hydrogen (secondary N) is 3. The minimum absolute atomic E-state index is 0.0145. The molecule has 11 nitrogen and oxygen atoms in total. The maximum Gasteiger partial charge on any atom is 0.407 e. The summed E-state index contributed by atoms with van der Waals surface area (Å²) in [5.74, 6) is -3.54. The molecule has 1 aliphatic rings. The summed E-state index contributed by atoms with van der Waals surface area (Å²) in [5, 5.41) is 7.51. The lowest BCUT2D eigenvalue weighted by Gasteiger charge is -2.28. The van der Waals surface area contributed by atoms with Gasteiger partial charge in [-0.3, -0.25) is 4.79 Å². The molecule has 2 aromatic carbocycles. The first kappa shape index (κ1) is 39.8. The first-order valence-electron chi connectivity index (χ1n) is 17.0. The molecule has 1 saturated heterocycles. The van der Waals surface area contributed by atoms with Gasteiger partial charge in [0.25, 0.3) is 0 Å². The molecule has 1 fully saturated rings. The molecule has 4 atom stereocenters. The highest BCUT2D eigenvalue weighted by Crippen LogP contribution is 2.19. The van der Waals surface area contributed by atoms with E-state index in [0.717, 1.165) is 35.7 Å². The summed E-state index contributed by atoms with van der Waals surface area (Å²) in [6.45, 7) is 6.00. The van der Waals surface area contributed by atoms with Gasteiger partial charge in [0.15, 0.2) is 9.84 Å². The summed E-state index contributed by atoms with van der Waals surface area (Å²) in [4.78, 5) is 38.2. The Hall–Kier alpha value is -3.62. The molecule has 5 N–H and O–H groups in total. The molecule has 0 aliphatic carbocycles.